The van der Waals surface area contributed by atoms with Gasteiger partial charge in [-0.15, -0.1) is 0 Å². The molecule has 2 aromatic carbocycles. The summed E-state index contributed by atoms with van der Waals surface area (Å²) in [5, 5.41) is 18.0. The lowest BCUT2D eigenvalue weighted by atomic mass is 9.80. The summed E-state index contributed by atoms with van der Waals surface area (Å²) in [6.45, 7) is 4.91. The van der Waals surface area contributed by atoms with E-state index < -0.39 is 7.12 Å². The highest BCUT2D eigenvalue weighted by Gasteiger charge is 2.09. The number of hydrogen-bond donors (Lipinski definition) is 2. The maximum Gasteiger partial charge on any atom is 0.488 e. The van der Waals surface area contributed by atoms with Crippen molar-refractivity contribution in [1.82, 2.24) is 0 Å². The molecule has 0 aliphatic carbocycles. The molecule has 0 atom stereocenters. The lowest BCUT2D eigenvalue weighted by Crippen LogP contribution is -2.29. The Morgan fingerprint density at radius 1 is 0.905 bits per heavy atom. The average Bonchev–Trinajstić information content (AvgIpc) is 2.47. The molecule has 5 heteroatoms. The second-order valence-electron chi connectivity index (χ2n) is 4.91. The van der Waals surface area contributed by atoms with Crippen LogP contribution < -0.4 is 14.9 Å². The normalized spacial score (nSPS) is 10.3. The van der Waals surface area contributed by atoms with Gasteiger partial charge in [0.25, 0.3) is 0 Å². The van der Waals surface area contributed by atoms with Crippen molar-refractivity contribution < 1.29 is 19.5 Å². The zero-order valence-corrected chi connectivity index (χ0v) is 12.2. The monoisotopic (exact) mass is 286 g/mol. The Hall–Kier alpha value is -1.98. The number of benzene rings is 2. The molecule has 0 fully saturated rings. The quantitative estimate of drug-likeness (QED) is 0.623. The molecule has 110 valence electrons. The summed E-state index contributed by atoms with van der Waals surface area (Å²) in [5.74, 6) is 1.54. The van der Waals surface area contributed by atoms with Crippen LogP contribution in [0.5, 0.6) is 11.5 Å². The van der Waals surface area contributed by atoms with E-state index in [0.29, 0.717) is 24.4 Å². The molecule has 4 nitrogen and oxygen atoms in total. The van der Waals surface area contributed by atoms with Crippen LogP contribution >= 0.6 is 0 Å². The highest BCUT2D eigenvalue weighted by Crippen LogP contribution is 2.19. The Kier molecular flexibility index (Phi) is 5.25. The summed E-state index contributed by atoms with van der Waals surface area (Å²) in [7, 11) is -1.45. The number of rotatable bonds is 6. The fourth-order valence-electron chi connectivity index (χ4n) is 1.91. The minimum atomic E-state index is -1.45. The molecule has 0 aliphatic heterocycles. The van der Waals surface area contributed by atoms with Gasteiger partial charge in [-0.25, -0.2) is 0 Å². The first-order valence-electron chi connectivity index (χ1n) is 6.85. The standard InChI is InChI=1S/C16H19BO4/c1-12-3-4-13(2)16(11-12)21-10-9-20-15-7-5-14(6-8-15)17(18)19/h3-8,11,18-19H,9-10H2,1-2H3. The van der Waals surface area contributed by atoms with Crippen LogP contribution in [-0.2, 0) is 0 Å². The van der Waals surface area contributed by atoms with Crippen molar-refractivity contribution in [3.63, 3.8) is 0 Å². The Morgan fingerprint density at radius 2 is 1.57 bits per heavy atom. The smallest absolute Gasteiger partial charge is 0.488 e. The second-order valence-corrected chi connectivity index (χ2v) is 4.91. The van der Waals surface area contributed by atoms with Crippen LogP contribution in [-0.4, -0.2) is 30.4 Å². The van der Waals surface area contributed by atoms with E-state index in [9.17, 15) is 0 Å². The highest BCUT2D eigenvalue weighted by molar-refractivity contribution is 6.58. The molecular formula is C16H19BO4. The fraction of sp³-hybridized carbons (Fsp3) is 0.250. The first kappa shape index (κ1) is 15.4. The minimum absolute atomic E-state index is 0.425. The zero-order chi connectivity index (χ0) is 15.2. The van der Waals surface area contributed by atoms with E-state index in [1.807, 2.05) is 26.0 Å². The summed E-state index contributed by atoms with van der Waals surface area (Å²) in [6.07, 6.45) is 0. The van der Waals surface area contributed by atoms with Crippen molar-refractivity contribution in [2.75, 3.05) is 13.2 Å². The molecule has 2 rings (SSSR count). The van der Waals surface area contributed by atoms with E-state index in [1.54, 1.807) is 24.3 Å². The second kappa shape index (κ2) is 7.15. The average molecular weight is 286 g/mol. The molecule has 2 aromatic rings. The third kappa shape index (κ3) is 4.51. The lowest BCUT2D eigenvalue weighted by Gasteiger charge is -2.11. The molecular weight excluding hydrogens is 267 g/mol. The van der Waals surface area contributed by atoms with Gasteiger partial charge in [0, 0.05) is 0 Å². The van der Waals surface area contributed by atoms with Crippen molar-refractivity contribution in [2.24, 2.45) is 0 Å². The number of aryl methyl sites for hydroxylation is 2. The van der Waals surface area contributed by atoms with Crippen LogP contribution in [0, 0.1) is 13.8 Å². The minimum Gasteiger partial charge on any atom is -0.490 e. The van der Waals surface area contributed by atoms with Gasteiger partial charge in [0.05, 0.1) is 0 Å². The zero-order valence-electron chi connectivity index (χ0n) is 12.2. The molecule has 0 aliphatic rings. The Balaban J connectivity index is 1.80. The molecule has 0 amide bonds. The Labute approximate surface area is 125 Å². The predicted molar refractivity (Wildman–Crippen MR) is 83.2 cm³/mol. The van der Waals surface area contributed by atoms with Crippen LogP contribution in [0.25, 0.3) is 0 Å². The lowest BCUT2D eigenvalue weighted by molar-refractivity contribution is 0.216. The van der Waals surface area contributed by atoms with Crippen LogP contribution in [0.1, 0.15) is 11.1 Å². The molecule has 0 aromatic heterocycles. The van der Waals surface area contributed by atoms with Crippen LogP contribution in [0.2, 0.25) is 0 Å². The third-order valence-electron chi connectivity index (χ3n) is 3.13. The van der Waals surface area contributed by atoms with E-state index in [-0.39, 0.29) is 0 Å². The van der Waals surface area contributed by atoms with Gasteiger partial charge in [-0.05, 0) is 48.6 Å². The first-order chi connectivity index (χ1) is 10.1. The van der Waals surface area contributed by atoms with Gasteiger partial charge in [0.2, 0.25) is 0 Å². The van der Waals surface area contributed by atoms with Crippen molar-refractivity contribution >= 4 is 12.6 Å². The van der Waals surface area contributed by atoms with E-state index in [4.69, 9.17) is 19.5 Å². The van der Waals surface area contributed by atoms with Crippen LogP contribution in [0.15, 0.2) is 42.5 Å². The number of hydrogen-bond acceptors (Lipinski definition) is 4. The van der Waals surface area contributed by atoms with E-state index in [1.165, 1.54) is 0 Å². The van der Waals surface area contributed by atoms with Gasteiger partial charge in [-0.2, -0.15) is 0 Å². The largest absolute Gasteiger partial charge is 0.490 e. The maximum absolute atomic E-state index is 9.00. The summed E-state index contributed by atoms with van der Waals surface area (Å²) < 4.78 is 11.2. The maximum atomic E-state index is 9.00. The highest BCUT2D eigenvalue weighted by atomic mass is 16.5. The van der Waals surface area contributed by atoms with Gasteiger partial charge in [0.15, 0.2) is 0 Å². The summed E-state index contributed by atoms with van der Waals surface area (Å²) in [5.41, 5.74) is 2.70. The van der Waals surface area contributed by atoms with Gasteiger partial charge >= 0.3 is 7.12 Å². The fourth-order valence-corrected chi connectivity index (χ4v) is 1.91. The molecule has 0 spiro atoms. The van der Waals surface area contributed by atoms with Gasteiger partial charge in [-0.1, -0.05) is 24.3 Å². The van der Waals surface area contributed by atoms with Crippen LogP contribution in [0.3, 0.4) is 0 Å². The molecule has 0 bridgehead atoms. The van der Waals surface area contributed by atoms with Gasteiger partial charge in [-0.3, -0.25) is 0 Å². The molecule has 0 unspecified atom stereocenters. The molecule has 0 saturated carbocycles. The van der Waals surface area contributed by atoms with E-state index in [2.05, 4.69) is 6.07 Å². The summed E-state index contributed by atoms with van der Waals surface area (Å²) >= 11 is 0. The third-order valence-corrected chi connectivity index (χ3v) is 3.13. The first-order valence-corrected chi connectivity index (χ1v) is 6.85. The Morgan fingerprint density at radius 3 is 2.24 bits per heavy atom. The van der Waals surface area contributed by atoms with Gasteiger partial charge in [0.1, 0.15) is 24.7 Å². The van der Waals surface area contributed by atoms with E-state index in [0.717, 1.165) is 16.9 Å². The van der Waals surface area contributed by atoms with Crippen molar-refractivity contribution in [1.29, 1.82) is 0 Å². The van der Waals surface area contributed by atoms with Crippen LogP contribution in [0.4, 0.5) is 0 Å². The molecule has 0 heterocycles. The Bertz CT molecular complexity index is 581. The predicted octanol–water partition coefficient (Wildman–Crippen LogP) is 1.44. The molecule has 0 radical (unpaired) electrons. The van der Waals surface area contributed by atoms with Gasteiger partial charge < -0.3 is 19.5 Å². The summed E-state index contributed by atoms with van der Waals surface area (Å²) in [4.78, 5) is 0. The van der Waals surface area contributed by atoms with Crippen molar-refractivity contribution in [3.05, 3.63) is 53.6 Å². The van der Waals surface area contributed by atoms with E-state index >= 15 is 0 Å². The molecule has 2 N–H and O–H groups in total. The number of ether oxygens (including phenoxy) is 2. The molecule has 0 saturated heterocycles. The SMILES string of the molecule is Cc1ccc(C)c(OCCOc2ccc(B(O)O)cc2)c1. The molecule has 21 heavy (non-hydrogen) atoms. The van der Waals surface area contributed by atoms with Crippen molar-refractivity contribution in [3.8, 4) is 11.5 Å². The summed E-state index contributed by atoms with van der Waals surface area (Å²) in [6, 6.07) is 12.7. The van der Waals surface area contributed by atoms with Crippen molar-refractivity contribution in [2.45, 2.75) is 13.8 Å². The topological polar surface area (TPSA) is 58.9 Å².